The van der Waals surface area contributed by atoms with Crippen LogP contribution in [-0.4, -0.2) is 69.3 Å². The van der Waals surface area contributed by atoms with Gasteiger partial charge in [-0.05, 0) is 32.9 Å². The van der Waals surface area contributed by atoms with E-state index in [0.29, 0.717) is 0 Å². The first-order valence-corrected chi connectivity index (χ1v) is 10.5. The molecule has 0 aromatic heterocycles. The van der Waals surface area contributed by atoms with Gasteiger partial charge in [0.2, 0.25) is 22.2 Å². The number of nitrogens with zero attached hydrogens (tertiary/aromatic N) is 1. The normalized spacial score (nSPS) is 24.8. The average Bonchev–Trinajstić information content (AvgIpc) is 3.11. The lowest BCUT2D eigenvalue weighted by Crippen LogP contribution is -2.69. The maximum Gasteiger partial charge on any atom is 0.366 e. The van der Waals surface area contributed by atoms with Crippen molar-refractivity contribution in [2.75, 3.05) is 26.5 Å². The maximum absolute atomic E-state index is 12.9. The van der Waals surface area contributed by atoms with Crippen LogP contribution in [0.2, 0.25) is 0 Å². The Hall–Kier alpha value is -2.05. The second kappa shape index (κ2) is 8.00. The second-order valence-electron chi connectivity index (χ2n) is 7.51. The largest absolute Gasteiger partial charge is 0.456 e. The van der Waals surface area contributed by atoms with Gasteiger partial charge in [-0.2, -0.15) is 0 Å². The molecular weight excluding hydrogens is 404 g/mol. The molecule has 2 aliphatic rings. The van der Waals surface area contributed by atoms with Crippen molar-refractivity contribution in [2.24, 2.45) is 0 Å². The van der Waals surface area contributed by atoms with Gasteiger partial charge in [-0.1, -0.05) is 18.2 Å². The van der Waals surface area contributed by atoms with Gasteiger partial charge in [0.1, 0.15) is 5.60 Å². The Labute approximate surface area is 169 Å². The van der Waals surface area contributed by atoms with Crippen molar-refractivity contribution in [3.05, 3.63) is 30.3 Å². The number of fused-ring (bicyclic) bond motifs is 1. The Balaban J connectivity index is 1.80. The number of amides is 1. The summed E-state index contributed by atoms with van der Waals surface area (Å²) in [6, 6.07) is 7.65. The summed E-state index contributed by atoms with van der Waals surface area (Å²) in [4.78, 5) is 26.9. The van der Waals surface area contributed by atoms with E-state index in [0.717, 1.165) is 4.90 Å². The molecule has 0 bridgehead atoms. The summed E-state index contributed by atoms with van der Waals surface area (Å²) in [5.74, 6) is -1.51. The van der Waals surface area contributed by atoms with Crippen LogP contribution < -0.4 is 4.72 Å². The van der Waals surface area contributed by atoms with Gasteiger partial charge >= 0.3 is 5.97 Å². The fourth-order valence-corrected chi connectivity index (χ4v) is 4.01. The van der Waals surface area contributed by atoms with Crippen LogP contribution in [0.15, 0.2) is 35.2 Å². The van der Waals surface area contributed by atoms with Crippen LogP contribution in [0.5, 0.6) is 0 Å². The lowest BCUT2D eigenvalue weighted by Gasteiger charge is -2.44. The van der Waals surface area contributed by atoms with Crippen molar-refractivity contribution in [1.29, 1.82) is 0 Å². The molecule has 29 heavy (non-hydrogen) atoms. The quantitative estimate of drug-likeness (QED) is 0.660. The number of ether oxygens (including phenoxy) is 4. The Bertz CT molecular complexity index is 868. The summed E-state index contributed by atoms with van der Waals surface area (Å²) < 4.78 is 48.7. The number of carbonyl (C=O) groups is 2. The molecule has 1 N–H and O–H groups in total. The fraction of sp³-hybridized carbons (Fsp3) is 0.556. The van der Waals surface area contributed by atoms with Crippen LogP contribution in [0.4, 0.5) is 0 Å². The van der Waals surface area contributed by atoms with E-state index in [-0.39, 0.29) is 24.8 Å². The van der Waals surface area contributed by atoms with Crippen LogP contribution in [0.1, 0.15) is 20.8 Å². The zero-order chi connectivity index (χ0) is 21.3. The van der Waals surface area contributed by atoms with Gasteiger partial charge in [0.25, 0.3) is 5.72 Å². The van der Waals surface area contributed by atoms with Crippen LogP contribution in [0.3, 0.4) is 0 Å². The number of hydrogen-bond acceptors (Lipinski definition) is 8. The van der Waals surface area contributed by atoms with E-state index in [9.17, 15) is 18.0 Å². The number of esters is 1. The Morgan fingerprint density at radius 3 is 2.59 bits per heavy atom. The average molecular weight is 428 g/mol. The van der Waals surface area contributed by atoms with Crippen molar-refractivity contribution < 1.29 is 37.0 Å². The Kier molecular flexibility index (Phi) is 5.97. The molecule has 2 atom stereocenters. The predicted molar refractivity (Wildman–Crippen MR) is 98.7 cm³/mol. The third kappa shape index (κ3) is 4.43. The van der Waals surface area contributed by atoms with Crippen LogP contribution in [-0.2, 0) is 38.6 Å². The number of morpholine rings is 1. The van der Waals surface area contributed by atoms with E-state index in [4.69, 9.17) is 18.9 Å². The molecule has 10 nitrogen and oxygen atoms in total. The van der Waals surface area contributed by atoms with E-state index in [1.165, 1.54) is 12.1 Å². The summed E-state index contributed by atoms with van der Waals surface area (Å²) in [6.45, 7) is 4.28. The minimum absolute atomic E-state index is 0.00496. The molecular formula is C18H24N2O8S. The number of nitrogens with one attached hydrogen (secondary N) is 1. The first kappa shape index (κ1) is 21.7. The molecule has 1 aromatic carbocycles. The SMILES string of the molecule is CC(C)(C)OC(=O)C12OCOC1OCCN2C(=O)CNS(=O)(=O)c1ccccc1. The molecule has 2 saturated heterocycles. The zero-order valence-corrected chi connectivity index (χ0v) is 17.2. The van der Waals surface area contributed by atoms with E-state index in [2.05, 4.69) is 4.72 Å². The second-order valence-corrected chi connectivity index (χ2v) is 9.28. The van der Waals surface area contributed by atoms with Crippen LogP contribution >= 0.6 is 0 Å². The predicted octanol–water partition coefficient (Wildman–Crippen LogP) is 0.192. The summed E-state index contributed by atoms with van der Waals surface area (Å²) in [6.07, 6.45) is -1.17. The van der Waals surface area contributed by atoms with Gasteiger partial charge in [-0.3, -0.25) is 9.69 Å². The Morgan fingerprint density at radius 1 is 1.24 bits per heavy atom. The fourth-order valence-electron chi connectivity index (χ4n) is 3.01. The minimum Gasteiger partial charge on any atom is -0.456 e. The lowest BCUT2D eigenvalue weighted by atomic mass is 10.1. The molecule has 0 radical (unpaired) electrons. The molecule has 11 heteroatoms. The van der Waals surface area contributed by atoms with E-state index < -0.39 is 46.1 Å². The number of hydrogen-bond donors (Lipinski definition) is 1. The van der Waals surface area contributed by atoms with Gasteiger partial charge < -0.3 is 18.9 Å². The molecule has 160 valence electrons. The Morgan fingerprint density at radius 2 is 1.93 bits per heavy atom. The highest BCUT2D eigenvalue weighted by Gasteiger charge is 2.63. The molecule has 0 saturated carbocycles. The van der Waals surface area contributed by atoms with Gasteiger partial charge in [-0.15, -0.1) is 0 Å². The van der Waals surface area contributed by atoms with E-state index in [1.54, 1.807) is 39.0 Å². The number of sulfonamides is 1. The molecule has 0 aliphatic carbocycles. The standard InChI is InChI=1S/C18H24N2O8S/c1-17(2,3)28-15(22)18-16(26-12-27-18)25-10-9-20(18)14(21)11-19-29(23,24)13-7-5-4-6-8-13/h4-8,16,19H,9-12H2,1-3H3. The summed E-state index contributed by atoms with van der Waals surface area (Å²) in [5.41, 5.74) is -2.77. The van der Waals surface area contributed by atoms with Crippen molar-refractivity contribution in [1.82, 2.24) is 9.62 Å². The molecule has 2 aliphatic heterocycles. The lowest BCUT2D eigenvalue weighted by molar-refractivity contribution is -0.252. The van der Waals surface area contributed by atoms with Crippen molar-refractivity contribution in [3.8, 4) is 0 Å². The molecule has 0 spiro atoms. The third-order valence-electron chi connectivity index (χ3n) is 4.26. The van der Waals surface area contributed by atoms with Gasteiger partial charge in [-0.25, -0.2) is 17.9 Å². The highest BCUT2D eigenvalue weighted by Crippen LogP contribution is 2.36. The summed E-state index contributed by atoms with van der Waals surface area (Å²) in [5, 5.41) is 0. The minimum atomic E-state index is -3.90. The first-order chi connectivity index (χ1) is 13.6. The van der Waals surface area contributed by atoms with Crippen molar-refractivity contribution in [3.63, 3.8) is 0 Å². The van der Waals surface area contributed by atoms with Gasteiger partial charge in [0.15, 0.2) is 6.79 Å². The topological polar surface area (TPSA) is 120 Å². The molecule has 2 heterocycles. The third-order valence-corrected chi connectivity index (χ3v) is 5.68. The monoisotopic (exact) mass is 428 g/mol. The summed E-state index contributed by atoms with van der Waals surface area (Å²) >= 11 is 0. The molecule has 2 fully saturated rings. The highest BCUT2D eigenvalue weighted by atomic mass is 32.2. The first-order valence-electron chi connectivity index (χ1n) is 9.02. The summed E-state index contributed by atoms with van der Waals surface area (Å²) in [7, 11) is -3.90. The number of rotatable bonds is 5. The number of benzene rings is 1. The zero-order valence-electron chi connectivity index (χ0n) is 16.4. The van der Waals surface area contributed by atoms with Gasteiger partial charge in [0, 0.05) is 6.54 Å². The van der Waals surface area contributed by atoms with Crippen molar-refractivity contribution >= 4 is 21.9 Å². The molecule has 2 unspecified atom stereocenters. The highest BCUT2D eigenvalue weighted by molar-refractivity contribution is 7.89. The van der Waals surface area contributed by atoms with Crippen LogP contribution in [0, 0.1) is 0 Å². The van der Waals surface area contributed by atoms with E-state index >= 15 is 0 Å². The van der Waals surface area contributed by atoms with Gasteiger partial charge in [0.05, 0.1) is 18.0 Å². The number of carbonyl (C=O) groups excluding carboxylic acids is 2. The van der Waals surface area contributed by atoms with Crippen LogP contribution in [0.25, 0.3) is 0 Å². The molecule has 1 amide bonds. The maximum atomic E-state index is 12.9. The molecule has 1 aromatic rings. The van der Waals surface area contributed by atoms with Crippen molar-refractivity contribution in [2.45, 2.75) is 43.3 Å². The smallest absolute Gasteiger partial charge is 0.366 e. The van der Waals surface area contributed by atoms with E-state index in [1.807, 2.05) is 0 Å². The molecule has 3 rings (SSSR count).